The highest BCUT2D eigenvalue weighted by Crippen LogP contribution is 2.21. The van der Waals surface area contributed by atoms with Crippen LogP contribution in [0.15, 0.2) is 24.4 Å². The van der Waals surface area contributed by atoms with Crippen molar-refractivity contribution in [2.75, 3.05) is 13.7 Å². The second kappa shape index (κ2) is 5.79. The molecule has 1 unspecified atom stereocenters. The van der Waals surface area contributed by atoms with Crippen molar-refractivity contribution in [2.24, 2.45) is 7.05 Å². The van der Waals surface area contributed by atoms with Crippen molar-refractivity contribution in [1.29, 1.82) is 0 Å². The number of aromatic nitrogens is 2. The van der Waals surface area contributed by atoms with E-state index in [2.05, 4.69) is 4.98 Å². The lowest BCUT2D eigenvalue weighted by Gasteiger charge is -2.33. The zero-order valence-electron chi connectivity index (χ0n) is 12.8. The molecular weight excluding hydrogens is 282 g/mol. The minimum Gasteiger partial charge on any atom is -0.467 e. The average molecular weight is 301 g/mol. The van der Waals surface area contributed by atoms with Crippen LogP contribution < -0.4 is 0 Å². The van der Waals surface area contributed by atoms with E-state index in [1.807, 2.05) is 29.9 Å². The summed E-state index contributed by atoms with van der Waals surface area (Å²) in [7, 11) is 3.25. The highest BCUT2D eigenvalue weighted by molar-refractivity contribution is 5.97. The van der Waals surface area contributed by atoms with Gasteiger partial charge in [0.05, 0.1) is 7.11 Å². The fourth-order valence-corrected chi connectivity index (χ4v) is 2.96. The Bertz CT molecular complexity index is 722. The lowest BCUT2D eigenvalue weighted by atomic mass is 10.0. The van der Waals surface area contributed by atoms with Crippen molar-refractivity contribution in [3.8, 4) is 0 Å². The van der Waals surface area contributed by atoms with Gasteiger partial charge in [-0.1, -0.05) is 0 Å². The highest BCUT2D eigenvalue weighted by Gasteiger charge is 2.33. The van der Waals surface area contributed by atoms with Gasteiger partial charge in [-0.15, -0.1) is 0 Å². The van der Waals surface area contributed by atoms with Crippen LogP contribution in [-0.2, 0) is 16.6 Å². The molecule has 0 N–H and O–H groups in total. The zero-order chi connectivity index (χ0) is 15.7. The molecule has 116 valence electrons. The van der Waals surface area contributed by atoms with E-state index >= 15 is 0 Å². The third kappa shape index (κ3) is 2.45. The number of hydrogen-bond acceptors (Lipinski definition) is 4. The topological polar surface area (TPSA) is 64.4 Å². The number of rotatable bonds is 2. The molecule has 3 heterocycles. The van der Waals surface area contributed by atoms with Crippen molar-refractivity contribution in [3.63, 3.8) is 0 Å². The number of fused-ring (bicyclic) bond motifs is 1. The fourth-order valence-electron chi connectivity index (χ4n) is 2.96. The largest absolute Gasteiger partial charge is 0.467 e. The van der Waals surface area contributed by atoms with E-state index in [9.17, 15) is 9.59 Å². The number of likely N-dealkylation sites (tertiary alicyclic amines) is 1. The van der Waals surface area contributed by atoms with Gasteiger partial charge in [0.15, 0.2) is 0 Å². The van der Waals surface area contributed by atoms with Crippen molar-refractivity contribution in [2.45, 2.75) is 25.3 Å². The number of hydrogen-bond donors (Lipinski definition) is 0. The van der Waals surface area contributed by atoms with Crippen LogP contribution in [0.2, 0.25) is 0 Å². The van der Waals surface area contributed by atoms with Gasteiger partial charge in [-0.05, 0) is 37.5 Å². The predicted octanol–water partition coefficient (Wildman–Crippen LogP) is 1.74. The number of ether oxygens (including phenoxy) is 1. The lowest BCUT2D eigenvalue weighted by molar-refractivity contribution is -0.147. The second-order valence-electron chi connectivity index (χ2n) is 5.57. The van der Waals surface area contributed by atoms with Crippen LogP contribution in [0.25, 0.3) is 11.0 Å². The third-order valence-electron chi connectivity index (χ3n) is 4.17. The number of methoxy groups -OCH3 is 1. The van der Waals surface area contributed by atoms with Gasteiger partial charge in [0.25, 0.3) is 5.91 Å². The van der Waals surface area contributed by atoms with Crippen LogP contribution in [-0.4, -0.2) is 46.0 Å². The molecule has 6 nitrogen and oxygen atoms in total. The molecule has 1 aliphatic heterocycles. The lowest BCUT2D eigenvalue weighted by Crippen LogP contribution is -2.48. The van der Waals surface area contributed by atoms with Gasteiger partial charge in [0.1, 0.15) is 17.4 Å². The van der Waals surface area contributed by atoms with E-state index < -0.39 is 6.04 Å². The number of pyridine rings is 1. The molecule has 3 rings (SSSR count). The maximum absolute atomic E-state index is 12.8. The first-order valence-corrected chi connectivity index (χ1v) is 7.42. The Kier molecular flexibility index (Phi) is 3.83. The minimum absolute atomic E-state index is 0.210. The average Bonchev–Trinajstić information content (AvgIpc) is 2.94. The molecule has 1 aliphatic rings. The Morgan fingerprint density at radius 1 is 1.27 bits per heavy atom. The molecule has 0 radical (unpaired) electrons. The molecule has 1 atom stereocenters. The molecule has 2 aromatic rings. The first kappa shape index (κ1) is 14.6. The van der Waals surface area contributed by atoms with Gasteiger partial charge >= 0.3 is 5.97 Å². The van der Waals surface area contributed by atoms with Gasteiger partial charge in [-0.25, -0.2) is 9.78 Å². The van der Waals surface area contributed by atoms with Gasteiger partial charge < -0.3 is 14.2 Å². The van der Waals surface area contributed by atoms with E-state index in [4.69, 9.17) is 4.74 Å². The van der Waals surface area contributed by atoms with Crippen LogP contribution in [0, 0.1) is 0 Å². The number of piperidine rings is 1. The molecule has 0 aromatic carbocycles. The van der Waals surface area contributed by atoms with Crippen molar-refractivity contribution < 1.29 is 14.3 Å². The Morgan fingerprint density at radius 3 is 2.86 bits per heavy atom. The first-order valence-electron chi connectivity index (χ1n) is 7.42. The van der Waals surface area contributed by atoms with E-state index in [-0.39, 0.29) is 11.9 Å². The van der Waals surface area contributed by atoms with Gasteiger partial charge in [0, 0.05) is 25.2 Å². The normalized spacial score (nSPS) is 18.5. The summed E-state index contributed by atoms with van der Waals surface area (Å²) in [5.41, 5.74) is 1.13. The quantitative estimate of drug-likeness (QED) is 0.793. The Balaban J connectivity index is 1.92. The van der Waals surface area contributed by atoms with Crippen LogP contribution in [0.5, 0.6) is 0 Å². The van der Waals surface area contributed by atoms with E-state index in [0.29, 0.717) is 18.7 Å². The van der Waals surface area contributed by atoms with E-state index in [1.165, 1.54) is 7.11 Å². The van der Waals surface area contributed by atoms with Crippen LogP contribution >= 0.6 is 0 Å². The SMILES string of the molecule is COC(=O)C1CCCCN1C(=O)c1ccc2ccn(C)c2n1. The summed E-state index contributed by atoms with van der Waals surface area (Å²) in [5.74, 6) is -0.564. The number of nitrogens with zero attached hydrogens (tertiary/aromatic N) is 3. The first-order chi connectivity index (χ1) is 10.6. The molecule has 0 saturated carbocycles. The zero-order valence-corrected chi connectivity index (χ0v) is 12.8. The highest BCUT2D eigenvalue weighted by atomic mass is 16.5. The molecule has 6 heteroatoms. The molecule has 0 bridgehead atoms. The molecule has 2 aromatic heterocycles. The Labute approximate surface area is 128 Å². The van der Waals surface area contributed by atoms with Crippen LogP contribution in [0.1, 0.15) is 29.8 Å². The van der Waals surface area contributed by atoms with Crippen molar-refractivity contribution in [3.05, 3.63) is 30.1 Å². The number of amides is 1. The van der Waals surface area contributed by atoms with Crippen LogP contribution in [0.3, 0.4) is 0 Å². The predicted molar refractivity (Wildman–Crippen MR) is 81.4 cm³/mol. The summed E-state index contributed by atoms with van der Waals surface area (Å²) in [6.07, 6.45) is 4.37. The van der Waals surface area contributed by atoms with E-state index in [1.54, 1.807) is 11.0 Å². The number of carbonyl (C=O) groups excluding carboxylic acids is 2. The van der Waals surface area contributed by atoms with Gasteiger partial charge in [-0.3, -0.25) is 4.79 Å². The minimum atomic E-state index is -0.503. The molecule has 1 amide bonds. The summed E-state index contributed by atoms with van der Waals surface area (Å²) < 4.78 is 6.70. The van der Waals surface area contributed by atoms with E-state index in [0.717, 1.165) is 23.9 Å². The molecule has 1 saturated heterocycles. The Hall–Kier alpha value is -2.37. The smallest absolute Gasteiger partial charge is 0.328 e. The maximum atomic E-state index is 12.8. The number of carbonyl (C=O) groups is 2. The van der Waals surface area contributed by atoms with Crippen molar-refractivity contribution >= 4 is 22.9 Å². The van der Waals surface area contributed by atoms with Gasteiger partial charge in [-0.2, -0.15) is 0 Å². The number of aryl methyl sites for hydroxylation is 1. The summed E-state index contributed by atoms with van der Waals surface area (Å²) in [4.78, 5) is 30.7. The van der Waals surface area contributed by atoms with Crippen molar-refractivity contribution in [1.82, 2.24) is 14.5 Å². The van der Waals surface area contributed by atoms with Crippen LogP contribution in [0.4, 0.5) is 0 Å². The Morgan fingerprint density at radius 2 is 2.09 bits per heavy atom. The molecular formula is C16H19N3O3. The number of esters is 1. The van der Waals surface area contributed by atoms with Gasteiger partial charge in [0.2, 0.25) is 0 Å². The monoisotopic (exact) mass is 301 g/mol. The molecule has 0 spiro atoms. The summed E-state index contributed by atoms with van der Waals surface area (Å²) in [6.45, 7) is 0.561. The fraction of sp³-hybridized carbons (Fsp3) is 0.438. The standard InChI is InChI=1S/C16H19N3O3/c1-18-10-8-11-6-7-12(17-14(11)18)15(20)19-9-4-3-5-13(19)16(21)22-2/h6-8,10,13H,3-5,9H2,1-2H3. The summed E-state index contributed by atoms with van der Waals surface area (Å²) in [5, 5.41) is 0.988. The molecule has 1 fully saturated rings. The molecule has 22 heavy (non-hydrogen) atoms. The summed E-state index contributed by atoms with van der Waals surface area (Å²) >= 11 is 0. The third-order valence-corrected chi connectivity index (χ3v) is 4.17. The second-order valence-corrected chi connectivity index (χ2v) is 5.57. The molecule has 0 aliphatic carbocycles. The summed E-state index contributed by atoms with van der Waals surface area (Å²) in [6, 6.07) is 5.05. The maximum Gasteiger partial charge on any atom is 0.328 e.